The predicted octanol–water partition coefficient (Wildman–Crippen LogP) is 3.00. The molecule has 0 fully saturated rings. The number of ether oxygens (including phenoxy) is 1. The summed E-state index contributed by atoms with van der Waals surface area (Å²) in [6, 6.07) is 15.9. The van der Waals surface area contributed by atoms with Gasteiger partial charge in [0.25, 0.3) is 5.91 Å². The van der Waals surface area contributed by atoms with Crippen molar-refractivity contribution in [3.05, 3.63) is 65.2 Å². The Morgan fingerprint density at radius 2 is 2.07 bits per heavy atom. The van der Waals surface area contributed by atoms with Crippen molar-refractivity contribution in [1.82, 2.24) is 5.01 Å². The quantitative estimate of drug-likeness (QED) is 0.606. The highest BCUT2D eigenvalue weighted by Crippen LogP contribution is 2.26. The predicted molar refractivity (Wildman–Crippen MR) is 103 cm³/mol. The number of carbonyl (C=O) groups excluding carboxylic acids is 1. The monoisotopic (exact) mass is 363 g/mol. The van der Waals surface area contributed by atoms with Gasteiger partial charge in [0.15, 0.2) is 6.61 Å². The molecule has 0 saturated carbocycles. The smallest absolute Gasteiger partial charge is 0.283 e. The highest BCUT2D eigenvalue weighted by atomic mass is 16.6. The lowest BCUT2D eigenvalue weighted by Gasteiger charge is -2.10. The summed E-state index contributed by atoms with van der Waals surface area (Å²) in [6.07, 6.45) is 1.65. The summed E-state index contributed by atoms with van der Waals surface area (Å²) < 4.78 is 5.51. The van der Waals surface area contributed by atoms with Crippen LogP contribution in [0.3, 0.4) is 0 Å². The van der Waals surface area contributed by atoms with Gasteiger partial charge in [-0.3, -0.25) is 4.79 Å². The molecule has 0 atom stereocenters. The summed E-state index contributed by atoms with van der Waals surface area (Å²) in [4.78, 5) is 17.6. The van der Waals surface area contributed by atoms with Gasteiger partial charge in [0, 0.05) is 12.8 Å². The van der Waals surface area contributed by atoms with E-state index in [9.17, 15) is 4.79 Å². The number of fused-ring (bicyclic) bond motifs is 1. The molecule has 0 aromatic heterocycles. The van der Waals surface area contributed by atoms with E-state index in [4.69, 9.17) is 9.57 Å². The van der Waals surface area contributed by atoms with E-state index in [0.29, 0.717) is 6.54 Å². The number of hydrogen-bond acceptors (Lipinski definition) is 5. The van der Waals surface area contributed by atoms with Crippen LogP contribution in [0.1, 0.15) is 30.0 Å². The first kappa shape index (κ1) is 17.3. The molecule has 27 heavy (non-hydrogen) atoms. The first-order valence-corrected chi connectivity index (χ1v) is 9.06. The molecule has 138 valence electrons. The van der Waals surface area contributed by atoms with Gasteiger partial charge < -0.3 is 9.57 Å². The second kappa shape index (κ2) is 7.61. The van der Waals surface area contributed by atoms with E-state index in [1.807, 2.05) is 49.4 Å². The number of nitrogens with zero attached hydrogens (tertiary/aromatic N) is 3. The summed E-state index contributed by atoms with van der Waals surface area (Å²) >= 11 is 0. The standard InChI is InChI=1S/C21H21N3O3/c1-15(17-7-8-20-18(13-17)10-12-26-20)23-27-14-21(25)24-11-9-19(22-24)16-5-3-2-4-6-16/h2-8,13H,9-12,14H2,1H3/b23-15+. The van der Waals surface area contributed by atoms with Crippen LogP contribution in [-0.4, -0.2) is 42.1 Å². The minimum atomic E-state index is -0.195. The van der Waals surface area contributed by atoms with Crippen LogP contribution in [0.4, 0.5) is 0 Å². The van der Waals surface area contributed by atoms with Crippen molar-refractivity contribution in [3.63, 3.8) is 0 Å². The van der Waals surface area contributed by atoms with Crippen LogP contribution in [0.2, 0.25) is 0 Å². The summed E-state index contributed by atoms with van der Waals surface area (Å²) in [5, 5.41) is 9.96. The molecule has 0 radical (unpaired) electrons. The van der Waals surface area contributed by atoms with Gasteiger partial charge in [-0.1, -0.05) is 35.5 Å². The lowest BCUT2D eigenvalue weighted by atomic mass is 10.1. The maximum Gasteiger partial charge on any atom is 0.283 e. The third-order valence-electron chi connectivity index (χ3n) is 4.69. The van der Waals surface area contributed by atoms with E-state index < -0.39 is 0 Å². The molecule has 0 N–H and O–H groups in total. The van der Waals surface area contributed by atoms with Crippen molar-refractivity contribution < 1.29 is 14.4 Å². The molecule has 6 nitrogen and oxygen atoms in total. The molecule has 6 heteroatoms. The average molecular weight is 363 g/mol. The Labute approximate surface area is 158 Å². The zero-order valence-electron chi connectivity index (χ0n) is 15.2. The average Bonchev–Trinajstić information content (AvgIpc) is 3.37. The normalized spacial score (nSPS) is 16.0. The maximum absolute atomic E-state index is 12.3. The Morgan fingerprint density at radius 1 is 1.22 bits per heavy atom. The first-order valence-electron chi connectivity index (χ1n) is 9.06. The van der Waals surface area contributed by atoms with E-state index in [0.717, 1.165) is 47.7 Å². The molecule has 1 amide bonds. The van der Waals surface area contributed by atoms with E-state index in [1.165, 1.54) is 10.6 Å². The van der Waals surface area contributed by atoms with Crippen molar-refractivity contribution in [3.8, 4) is 5.75 Å². The molecular formula is C21H21N3O3. The number of hydrogen-bond donors (Lipinski definition) is 0. The van der Waals surface area contributed by atoms with Crippen LogP contribution < -0.4 is 4.74 Å². The molecule has 0 unspecified atom stereocenters. The molecule has 2 aliphatic heterocycles. The van der Waals surface area contributed by atoms with Gasteiger partial charge in [0.05, 0.1) is 24.6 Å². The van der Waals surface area contributed by atoms with Gasteiger partial charge in [-0.25, -0.2) is 5.01 Å². The molecule has 2 aromatic rings. The number of oxime groups is 1. The molecule has 2 aromatic carbocycles. The van der Waals surface area contributed by atoms with Crippen LogP contribution in [0, 0.1) is 0 Å². The molecule has 0 spiro atoms. The fraction of sp³-hybridized carbons (Fsp3) is 0.286. The summed E-state index contributed by atoms with van der Waals surface area (Å²) in [6.45, 7) is 3.03. The van der Waals surface area contributed by atoms with Gasteiger partial charge in [0.1, 0.15) is 5.75 Å². The van der Waals surface area contributed by atoms with Gasteiger partial charge in [-0.05, 0) is 41.8 Å². The minimum absolute atomic E-state index is 0.128. The van der Waals surface area contributed by atoms with E-state index in [1.54, 1.807) is 0 Å². The van der Waals surface area contributed by atoms with E-state index >= 15 is 0 Å². The Morgan fingerprint density at radius 3 is 2.93 bits per heavy atom. The Hall–Kier alpha value is -3.15. The summed E-state index contributed by atoms with van der Waals surface area (Å²) in [7, 11) is 0. The van der Waals surface area contributed by atoms with Gasteiger partial charge in [0.2, 0.25) is 0 Å². The van der Waals surface area contributed by atoms with Gasteiger partial charge >= 0.3 is 0 Å². The second-order valence-electron chi connectivity index (χ2n) is 6.55. The second-order valence-corrected chi connectivity index (χ2v) is 6.55. The first-order chi connectivity index (χ1) is 13.2. The largest absolute Gasteiger partial charge is 0.493 e. The van der Waals surface area contributed by atoms with Crippen LogP contribution in [-0.2, 0) is 16.1 Å². The maximum atomic E-state index is 12.3. The lowest BCUT2D eigenvalue weighted by molar-refractivity contribution is -0.135. The molecule has 4 rings (SSSR count). The van der Waals surface area contributed by atoms with Crippen molar-refractivity contribution in [2.24, 2.45) is 10.3 Å². The topological polar surface area (TPSA) is 63.5 Å². The number of benzene rings is 2. The zero-order valence-corrected chi connectivity index (χ0v) is 15.2. The minimum Gasteiger partial charge on any atom is -0.493 e. The SMILES string of the molecule is C/C(=N\OCC(=O)N1CCC(c2ccccc2)=N1)c1ccc2c(c1)CCO2. The zero-order chi connectivity index (χ0) is 18.6. The van der Waals surface area contributed by atoms with E-state index in [-0.39, 0.29) is 12.5 Å². The van der Waals surface area contributed by atoms with Crippen LogP contribution in [0.25, 0.3) is 0 Å². The van der Waals surface area contributed by atoms with Crippen molar-refractivity contribution >= 4 is 17.3 Å². The van der Waals surface area contributed by atoms with Gasteiger partial charge in [-0.15, -0.1) is 0 Å². The molecule has 0 bridgehead atoms. The number of hydrazone groups is 1. The highest BCUT2D eigenvalue weighted by molar-refractivity contribution is 6.02. The third-order valence-corrected chi connectivity index (χ3v) is 4.69. The van der Waals surface area contributed by atoms with E-state index in [2.05, 4.69) is 16.3 Å². The number of rotatable bonds is 5. The molecular weight excluding hydrogens is 342 g/mol. The third kappa shape index (κ3) is 3.84. The molecule has 0 aliphatic carbocycles. The van der Waals surface area contributed by atoms with Gasteiger partial charge in [-0.2, -0.15) is 5.10 Å². The Balaban J connectivity index is 1.34. The lowest BCUT2D eigenvalue weighted by Crippen LogP contribution is -2.27. The fourth-order valence-electron chi connectivity index (χ4n) is 3.19. The number of carbonyl (C=O) groups is 1. The Kier molecular flexibility index (Phi) is 4.87. The molecule has 2 aliphatic rings. The molecule has 2 heterocycles. The van der Waals surface area contributed by atoms with Crippen molar-refractivity contribution in [1.29, 1.82) is 0 Å². The van der Waals surface area contributed by atoms with Crippen LogP contribution >= 0.6 is 0 Å². The fourth-order valence-corrected chi connectivity index (χ4v) is 3.19. The van der Waals surface area contributed by atoms with Crippen LogP contribution in [0.5, 0.6) is 5.75 Å². The van der Waals surface area contributed by atoms with Crippen molar-refractivity contribution in [2.45, 2.75) is 19.8 Å². The van der Waals surface area contributed by atoms with Crippen LogP contribution in [0.15, 0.2) is 58.8 Å². The summed E-state index contributed by atoms with van der Waals surface area (Å²) in [5.41, 5.74) is 4.84. The van der Waals surface area contributed by atoms with Crippen molar-refractivity contribution in [2.75, 3.05) is 19.8 Å². The summed E-state index contributed by atoms with van der Waals surface area (Å²) in [5.74, 6) is 0.739. The Bertz CT molecular complexity index is 906. The highest BCUT2D eigenvalue weighted by Gasteiger charge is 2.22. The molecule has 0 saturated heterocycles. The number of amides is 1.